The lowest BCUT2D eigenvalue weighted by atomic mass is 9.84. The van der Waals surface area contributed by atoms with E-state index in [0.717, 1.165) is 25.7 Å². The summed E-state index contributed by atoms with van der Waals surface area (Å²) in [5.41, 5.74) is 17.8. The summed E-state index contributed by atoms with van der Waals surface area (Å²) in [5, 5.41) is 7.46. The van der Waals surface area contributed by atoms with E-state index in [-0.39, 0.29) is 0 Å². The molecule has 0 amide bonds. The Morgan fingerprint density at radius 3 is 1.23 bits per heavy atom. The maximum atomic E-state index is 2.51. The summed E-state index contributed by atoms with van der Waals surface area (Å²) in [4.78, 5) is 5.01. The number of fused-ring (bicyclic) bond motifs is 7. The smallest absolute Gasteiger partial charge is 0.0493 e. The molecule has 2 heterocycles. The van der Waals surface area contributed by atoms with E-state index < -0.39 is 0 Å². The lowest BCUT2D eigenvalue weighted by molar-refractivity contribution is 0.977. The van der Waals surface area contributed by atoms with Crippen LogP contribution in [-0.4, -0.2) is 0 Å². The predicted molar refractivity (Wildman–Crippen MR) is 254 cm³/mol. The number of anilines is 6. The monoisotopic (exact) mass is 766 g/mol. The van der Waals surface area contributed by atoms with E-state index in [2.05, 4.69) is 216 Å². The largest absolute Gasteiger partial charge is 0.310 e. The molecule has 2 nitrogen and oxygen atoms in total. The molecule has 0 aliphatic carbocycles. The van der Waals surface area contributed by atoms with Gasteiger partial charge < -0.3 is 9.80 Å². The molecule has 0 spiro atoms. The fourth-order valence-electron chi connectivity index (χ4n) is 10.2. The predicted octanol–water partition coefficient (Wildman–Crippen LogP) is 15.6. The van der Waals surface area contributed by atoms with Crippen molar-refractivity contribution in [1.29, 1.82) is 0 Å². The van der Waals surface area contributed by atoms with E-state index in [1.807, 2.05) is 0 Å². The number of rotatable bonds is 4. The summed E-state index contributed by atoms with van der Waals surface area (Å²) in [6.07, 6.45) is 4.04. The lowest BCUT2D eigenvalue weighted by Crippen LogP contribution is -2.12. The Balaban J connectivity index is 1.21. The summed E-state index contributed by atoms with van der Waals surface area (Å²) in [7, 11) is 0. The quantitative estimate of drug-likeness (QED) is 0.165. The molecule has 0 unspecified atom stereocenters. The Kier molecular flexibility index (Phi) is 8.16. The van der Waals surface area contributed by atoms with Crippen LogP contribution >= 0.6 is 0 Å². The first-order valence-electron chi connectivity index (χ1n) is 21.3. The van der Waals surface area contributed by atoms with Crippen molar-refractivity contribution in [3.63, 3.8) is 0 Å². The van der Waals surface area contributed by atoms with Crippen molar-refractivity contribution in [2.75, 3.05) is 9.80 Å². The molecule has 0 saturated heterocycles. The van der Waals surface area contributed by atoms with Gasteiger partial charge in [-0.05, 0) is 151 Å². The summed E-state index contributed by atoms with van der Waals surface area (Å²) in [5.74, 6) is 0. The van der Waals surface area contributed by atoms with Crippen LogP contribution in [0.1, 0.15) is 22.3 Å². The molecule has 12 rings (SSSR count). The van der Waals surface area contributed by atoms with Crippen LogP contribution in [0.2, 0.25) is 0 Å². The molecular formula is C58H42N2. The lowest BCUT2D eigenvalue weighted by Gasteiger charge is -2.29. The number of aryl methyl sites for hydroxylation is 4. The Labute approximate surface area is 351 Å². The molecule has 284 valence electrons. The van der Waals surface area contributed by atoms with Crippen LogP contribution in [0.15, 0.2) is 206 Å². The van der Waals surface area contributed by atoms with Crippen LogP contribution in [-0.2, 0) is 25.7 Å². The molecule has 2 aliphatic rings. The fourth-order valence-corrected chi connectivity index (χ4v) is 10.2. The van der Waals surface area contributed by atoms with Gasteiger partial charge in [0.05, 0.1) is 0 Å². The third-order valence-electron chi connectivity index (χ3n) is 13.0. The van der Waals surface area contributed by atoms with E-state index in [4.69, 9.17) is 0 Å². The molecule has 60 heavy (non-hydrogen) atoms. The summed E-state index contributed by atoms with van der Waals surface area (Å²) >= 11 is 0. The molecule has 0 saturated carbocycles. The second-order valence-corrected chi connectivity index (χ2v) is 16.3. The van der Waals surface area contributed by atoms with Crippen LogP contribution in [0.25, 0.3) is 54.6 Å². The van der Waals surface area contributed by atoms with E-state index >= 15 is 0 Å². The number of hydrogen-bond donors (Lipinski definition) is 0. The highest BCUT2D eigenvalue weighted by atomic mass is 15.2. The fraction of sp³-hybridized carbons (Fsp3) is 0.0690. The summed E-state index contributed by atoms with van der Waals surface area (Å²) in [6, 6.07) is 77.0. The van der Waals surface area contributed by atoms with Gasteiger partial charge in [-0.25, -0.2) is 0 Å². The van der Waals surface area contributed by atoms with Crippen molar-refractivity contribution in [2.45, 2.75) is 25.7 Å². The van der Waals surface area contributed by atoms with Crippen molar-refractivity contribution >= 4 is 66.4 Å². The van der Waals surface area contributed by atoms with E-state index in [0.29, 0.717) is 0 Å². The molecule has 10 aromatic carbocycles. The molecule has 0 atom stereocenters. The zero-order chi connectivity index (χ0) is 39.6. The minimum atomic E-state index is 1.01. The molecule has 2 heteroatoms. The Morgan fingerprint density at radius 1 is 0.283 bits per heavy atom. The minimum Gasteiger partial charge on any atom is -0.310 e. The highest BCUT2D eigenvalue weighted by molar-refractivity contribution is 6.24. The van der Waals surface area contributed by atoms with E-state index in [1.54, 1.807) is 0 Å². The van der Waals surface area contributed by atoms with Gasteiger partial charge in [-0.2, -0.15) is 0 Å². The van der Waals surface area contributed by atoms with Gasteiger partial charge in [0.15, 0.2) is 0 Å². The molecule has 0 bridgehead atoms. The number of para-hydroxylation sites is 4. The zero-order valence-corrected chi connectivity index (χ0v) is 33.4. The zero-order valence-electron chi connectivity index (χ0n) is 33.4. The van der Waals surface area contributed by atoms with Crippen LogP contribution in [0.5, 0.6) is 0 Å². The normalized spacial score (nSPS) is 13.3. The van der Waals surface area contributed by atoms with Crippen LogP contribution in [0.3, 0.4) is 0 Å². The highest BCUT2D eigenvalue weighted by Crippen LogP contribution is 2.51. The molecule has 0 fully saturated rings. The first kappa shape index (κ1) is 34.6. The van der Waals surface area contributed by atoms with E-state index in [9.17, 15) is 0 Å². The maximum absolute atomic E-state index is 2.51. The standard InChI is InChI=1S/C58H42N2/c1-2-20-44(21-3-1)57-49-35-33-46(60-55-27-12-7-18-42(55)31-32-43-19-8-13-28-56(43)60)38-52(49)58(48-24-14-22-39-15-4-9-23-47(39)48)50-36-34-45(37-51(50)57)59-53-25-10-5-16-40(53)29-30-41-17-6-11-26-54(41)59/h1-28,33-38H,29-32H2. The second kappa shape index (κ2) is 14.1. The van der Waals surface area contributed by atoms with Crippen molar-refractivity contribution in [2.24, 2.45) is 0 Å². The average Bonchev–Trinajstić information content (AvgIpc) is 3.59. The molecular weight excluding hydrogens is 725 g/mol. The van der Waals surface area contributed by atoms with Crippen LogP contribution in [0, 0.1) is 0 Å². The topological polar surface area (TPSA) is 6.48 Å². The van der Waals surface area contributed by atoms with Crippen LogP contribution in [0.4, 0.5) is 34.1 Å². The van der Waals surface area contributed by atoms with Crippen molar-refractivity contribution in [1.82, 2.24) is 0 Å². The Bertz CT molecular complexity index is 3190. The van der Waals surface area contributed by atoms with Crippen molar-refractivity contribution in [3.8, 4) is 22.3 Å². The maximum Gasteiger partial charge on any atom is 0.0493 e. The van der Waals surface area contributed by atoms with Gasteiger partial charge in [-0.3, -0.25) is 0 Å². The van der Waals surface area contributed by atoms with Crippen LogP contribution < -0.4 is 9.80 Å². The SMILES string of the molecule is c1ccc(-c2c3cc(N4c5ccccc5CCc5ccccc54)ccc3c(-c3cccc4ccccc34)c3cc(N4c5ccccc5CCc5ccccc54)ccc23)cc1. The van der Waals surface area contributed by atoms with Gasteiger partial charge in [0.25, 0.3) is 0 Å². The minimum absolute atomic E-state index is 1.01. The molecule has 0 aromatic heterocycles. The van der Waals surface area contributed by atoms with Gasteiger partial charge in [-0.1, -0.05) is 158 Å². The molecule has 0 N–H and O–H groups in total. The van der Waals surface area contributed by atoms with Gasteiger partial charge >= 0.3 is 0 Å². The Morgan fingerprint density at radius 2 is 0.700 bits per heavy atom. The molecule has 0 radical (unpaired) electrons. The number of hydrogen-bond acceptors (Lipinski definition) is 2. The second-order valence-electron chi connectivity index (χ2n) is 16.3. The first-order valence-corrected chi connectivity index (χ1v) is 21.3. The first-order chi connectivity index (χ1) is 29.8. The number of nitrogens with zero attached hydrogens (tertiary/aromatic N) is 2. The third kappa shape index (κ3) is 5.56. The Hall–Kier alpha value is -7.42. The molecule has 2 aliphatic heterocycles. The number of benzene rings is 10. The average molecular weight is 767 g/mol. The summed E-state index contributed by atoms with van der Waals surface area (Å²) < 4.78 is 0. The molecule has 10 aromatic rings. The van der Waals surface area contributed by atoms with Crippen molar-refractivity contribution < 1.29 is 0 Å². The van der Waals surface area contributed by atoms with Gasteiger partial charge in [-0.15, -0.1) is 0 Å². The van der Waals surface area contributed by atoms with Gasteiger partial charge in [0.2, 0.25) is 0 Å². The highest BCUT2D eigenvalue weighted by Gasteiger charge is 2.27. The van der Waals surface area contributed by atoms with Gasteiger partial charge in [0, 0.05) is 34.1 Å². The van der Waals surface area contributed by atoms with E-state index in [1.165, 1.54) is 111 Å². The third-order valence-corrected chi connectivity index (χ3v) is 13.0. The summed E-state index contributed by atoms with van der Waals surface area (Å²) in [6.45, 7) is 0. The van der Waals surface area contributed by atoms with Gasteiger partial charge in [0.1, 0.15) is 0 Å². The van der Waals surface area contributed by atoms with Crippen molar-refractivity contribution in [3.05, 3.63) is 229 Å².